The predicted molar refractivity (Wildman–Crippen MR) is 245 cm³/mol. The van der Waals surface area contributed by atoms with E-state index in [0.717, 1.165) is 11.4 Å². The highest BCUT2D eigenvalue weighted by Gasteiger charge is 2.48. The maximum Gasteiger partial charge on any atom is 0.253 e. The number of nitrogens with zero attached hydrogens (tertiary/aromatic N) is 2. The number of anilines is 6. The predicted octanol–water partition coefficient (Wildman–Crippen LogP) is 12.8. The second-order valence-electron chi connectivity index (χ2n) is 15.2. The van der Waals surface area contributed by atoms with Gasteiger partial charge in [0.15, 0.2) is 0 Å². The fourth-order valence-electron chi connectivity index (χ4n) is 10.1. The van der Waals surface area contributed by atoms with Gasteiger partial charge in [0.2, 0.25) is 0 Å². The molecule has 9 aromatic carbocycles. The molecule has 12 rings (SSSR count). The van der Waals surface area contributed by atoms with Crippen molar-refractivity contribution in [3.8, 4) is 22.3 Å². The molecule has 0 unspecified atom stereocenters. The normalized spacial score (nSPS) is 13.3. The minimum atomic E-state index is -2.04. The Kier molecular flexibility index (Phi) is 7.45. The standard InChI is InChI=1S/C54H37BN2S/c1-6-20-38(21-7-1)56-48-34-18-32-46-44-30-16-17-31-45(44)47-33-19-35-49-53(47)55(52(46)48)54-50(56)36-43(37-51(54)57(49)39-22-8-2-9-23-39)58(40-24-10-3-11-25-40,41-26-12-4-13-27-41)42-28-14-5-15-29-42/h1-37H. The van der Waals surface area contributed by atoms with Gasteiger partial charge in [-0.1, -0.05) is 140 Å². The van der Waals surface area contributed by atoms with Gasteiger partial charge < -0.3 is 9.80 Å². The number of benzene rings is 9. The third-order valence-corrected chi connectivity index (χ3v) is 16.2. The maximum atomic E-state index is 2.57. The van der Waals surface area contributed by atoms with Gasteiger partial charge in [-0.15, -0.1) is 10.0 Å². The van der Waals surface area contributed by atoms with E-state index in [9.17, 15) is 0 Å². The molecule has 0 spiro atoms. The Hall–Kier alpha value is -7.01. The van der Waals surface area contributed by atoms with Crippen LogP contribution in [0.4, 0.5) is 34.1 Å². The molecule has 0 amide bonds. The van der Waals surface area contributed by atoms with Gasteiger partial charge in [0.05, 0.1) is 0 Å². The lowest BCUT2D eigenvalue weighted by atomic mass is 9.32. The van der Waals surface area contributed by atoms with E-state index in [1.807, 2.05) is 0 Å². The number of rotatable bonds is 6. The van der Waals surface area contributed by atoms with Gasteiger partial charge in [0.25, 0.3) is 6.71 Å². The second kappa shape index (κ2) is 13.0. The van der Waals surface area contributed by atoms with Gasteiger partial charge in [0, 0.05) is 53.7 Å². The van der Waals surface area contributed by atoms with E-state index < -0.39 is 10.0 Å². The topological polar surface area (TPSA) is 6.48 Å². The summed E-state index contributed by atoms with van der Waals surface area (Å²) in [7, 11) is -2.04. The van der Waals surface area contributed by atoms with Crippen LogP contribution in [0.2, 0.25) is 0 Å². The summed E-state index contributed by atoms with van der Waals surface area (Å²) >= 11 is 0. The summed E-state index contributed by atoms with van der Waals surface area (Å²) in [4.78, 5) is 10.3. The monoisotopic (exact) mass is 756 g/mol. The Morgan fingerprint density at radius 1 is 0.276 bits per heavy atom. The summed E-state index contributed by atoms with van der Waals surface area (Å²) in [5, 5.41) is 0. The third-order valence-electron chi connectivity index (χ3n) is 12.3. The van der Waals surface area contributed by atoms with Gasteiger partial charge in [-0.05, 0) is 124 Å². The van der Waals surface area contributed by atoms with Crippen molar-refractivity contribution in [3.05, 3.63) is 224 Å². The summed E-state index contributed by atoms with van der Waals surface area (Å²) in [6.45, 7) is 0.0124. The van der Waals surface area contributed by atoms with Gasteiger partial charge in [-0.3, -0.25) is 0 Å². The molecule has 3 heterocycles. The Balaban J connectivity index is 1.30. The zero-order chi connectivity index (χ0) is 38.2. The summed E-state index contributed by atoms with van der Waals surface area (Å²) in [6, 6.07) is 83.8. The molecule has 2 nitrogen and oxygen atoms in total. The van der Waals surface area contributed by atoms with Crippen LogP contribution in [0, 0.1) is 0 Å². The van der Waals surface area contributed by atoms with Gasteiger partial charge in [0.1, 0.15) is 0 Å². The summed E-state index contributed by atoms with van der Waals surface area (Å²) in [5.74, 6) is 0. The van der Waals surface area contributed by atoms with Crippen LogP contribution in [-0.2, 0) is 0 Å². The van der Waals surface area contributed by atoms with E-state index in [2.05, 4.69) is 234 Å². The Morgan fingerprint density at radius 3 is 1.02 bits per heavy atom. The molecule has 0 radical (unpaired) electrons. The average molecular weight is 757 g/mol. The lowest BCUT2D eigenvalue weighted by Gasteiger charge is -2.47. The Bertz CT molecular complexity index is 2770. The zero-order valence-electron chi connectivity index (χ0n) is 31.7. The van der Waals surface area contributed by atoms with Crippen LogP contribution >= 0.6 is 10.0 Å². The van der Waals surface area contributed by atoms with E-state index >= 15 is 0 Å². The Morgan fingerprint density at radius 2 is 0.621 bits per heavy atom. The molecule has 0 aromatic heterocycles. The lowest BCUT2D eigenvalue weighted by molar-refractivity contribution is 1.20. The van der Waals surface area contributed by atoms with Crippen molar-refractivity contribution in [1.82, 2.24) is 0 Å². The van der Waals surface area contributed by atoms with Crippen LogP contribution in [0.5, 0.6) is 0 Å². The van der Waals surface area contributed by atoms with Crippen molar-refractivity contribution in [2.45, 2.75) is 19.6 Å². The van der Waals surface area contributed by atoms with Crippen LogP contribution in [0.1, 0.15) is 0 Å². The zero-order valence-corrected chi connectivity index (χ0v) is 32.6. The highest BCUT2D eigenvalue weighted by atomic mass is 32.3. The lowest BCUT2D eigenvalue weighted by Crippen LogP contribution is -2.62. The smallest absolute Gasteiger partial charge is 0.253 e. The highest BCUT2D eigenvalue weighted by molar-refractivity contribution is 8.34. The first kappa shape index (κ1) is 33.2. The molecule has 9 aromatic rings. The molecule has 0 atom stereocenters. The molecule has 0 N–H and O–H groups in total. The quantitative estimate of drug-likeness (QED) is 0.156. The first-order valence-corrected chi connectivity index (χ1v) is 21.7. The van der Waals surface area contributed by atoms with Crippen molar-refractivity contribution >= 4 is 67.3 Å². The summed E-state index contributed by atoms with van der Waals surface area (Å²) < 4.78 is 0. The highest BCUT2D eigenvalue weighted by Crippen LogP contribution is 2.74. The molecule has 0 bridgehead atoms. The van der Waals surface area contributed by atoms with Crippen molar-refractivity contribution in [3.63, 3.8) is 0 Å². The first-order valence-electron chi connectivity index (χ1n) is 20.0. The molecule has 4 heteroatoms. The van der Waals surface area contributed by atoms with Crippen LogP contribution in [0.25, 0.3) is 22.3 Å². The van der Waals surface area contributed by atoms with Crippen LogP contribution < -0.4 is 26.2 Å². The van der Waals surface area contributed by atoms with Crippen molar-refractivity contribution in [2.75, 3.05) is 9.80 Å². The maximum absolute atomic E-state index is 2.57. The summed E-state index contributed by atoms with van der Waals surface area (Å²) in [6.07, 6.45) is 0. The molecule has 3 aliphatic heterocycles. The van der Waals surface area contributed by atoms with Crippen molar-refractivity contribution in [1.29, 1.82) is 0 Å². The van der Waals surface area contributed by atoms with Crippen LogP contribution in [-0.4, -0.2) is 6.71 Å². The van der Waals surface area contributed by atoms with Gasteiger partial charge in [-0.2, -0.15) is 0 Å². The minimum absolute atomic E-state index is 0.0124. The SMILES string of the molecule is c1ccc(N2c3cccc4c3B3c5c(cccc5N(c5ccccc5)c5cc(S(c6ccccc6)(c6ccccc6)c6ccccc6)cc2c53)-c2ccccc2-4)cc1. The minimum Gasteiger partial charge on any atom is -0.311 e. The molecule has 0 fully saturated rings. The van der Waals surface area contributed by atoms with Crippen molar-refractivity contribution < 1.29 is 0 Å². The number of fused-ring (bicyclic) bond motifs is 3. The van der Waals surface area contributed by atoms with Crippen molar-refractivity contribution in [2.24, 2.45) is 0 Å². The molecule has 0 saturated heterocycles. The van der Waals surface area contributed by atoms with E-state index in [1.54, 1.807) is 0 Å². The molecule has 58 heavy (non-hydrogen) atoms. The van der Waals surface area contributed by atoms with Crippen LogP contribution in [0.15, 0.2) is 244 Å². The molecule has 0 aliphatic carbocycles. The van der Waals surface area contributed by atoms with Gasteiger partial charge >= 0.3 is 0 Å². The molecular weight excluding hydrogens is 719 g/mol. The number of hydrogen-bond donors (Lipinski definition) is 0. The van der Waals surface area contributed by atoms with E-state index in [1.165, 1.54) is 81.0 Å². The molecule has 3 aliphatic rings. The second-order valence-corrected chi connectivity index (χ2v) is 18.3. The van der Waals surface area contributed by atoms with Crippen LogP contribution in [0.3, 0.4) is 0 Å². The van der Waals surface area contributed by atoms with E-state index in [-0.39, 0.29) is 6.71 Å². The Labute approximate surface area is 341 Å². The molecule has 272 valence electrons. The molecular formula is C54H37BN2S. The van der Waals surface area contributed by atoms with E-state index in [4.69, 9.17) is 0 Å². The van der Waals surface area contributed by atoms with E-state index in [0.29, 0.717) is 0 Å². The first-order chi connectivity index (χ1) is 28.8. The summed E-state index contributed by atoms with van der Waals surface area (Å²) in [5.41, 5.74) is 16.4. The fourth-order valence-corrected chi connectivity index (χ4v) is 14.0. The largest absolute Gasteiger partial charge is 0.311 e. The van der Waals surface area contributed by atoms with Gasteiger partial charge in [-0.25, -0.2) is 0 Å². The fraction of sp³-hybridized carbons (Fsp3) is 0. The average Bonchev–Trinajstić information content (AvgIpc) is 3.43. The number of para-hydroxylation sites is 2. The molecule has 0 saturated carbocycles. The third kappa shape index (κ3) is 4.64. The number of hydrogen-bond acceptors (Lipinski definition) is 2.